The van der Waals surface area contributed by atoms with Crippen molar-refractivity contribution in [3.05, 3.63) is 0 Å². The van der Waals surface area contributed by atoms with Crippen molar-refractivity contribution in [2.45, 2.75) is 45.1 Å². The van der Waals surface area contributed by atoms with Crippen molar-refractivity contribution in [1.29, 1.82) is 0 Å². The molecule has 0 aromatic rings. The van der Waals surface area contributed by atoms with E-state index in [1.165, 1.54) is 31.0 Å². The standard InChI is InChI=1S/C10H18O2S/c1-2-13-10(12)9(11)8-6-4-3-5-7-8/h8-9,11H,2-7H2,1H3/t9-/m0/s1. The maximum Gasteiger partial charge on any atom is 0.217 e. The molecule has 0 aliphatic heterocycles. The Bertz CT molecular complexity index is 164. The molecular weight excluding hydrogens is 184 g/mol. The zero-order chi connectivity index (χ0) is 9.68. The first-order valence-electron chi connectivity index (χ1n) is 5.10. The van der Waals surface area contributed by atoms with E-state index in [1.54, 1.807) is 0 Å². The molecular formula is C10H18O2S. The number of carbonyl (C=O) groups is 1. The third kappa shape index (κ3) is 3.31. The summed E-state index contributed by atoms with van der Waals surface area (Å²) in [7, 11) is 0. The molecule has 1 fully saturated rings. The van der Waals surface area contributed by atoms with Gasteiger partial charge in [-0.2, -0.15) is 0 Å². The van der Waals surface area contributed by atoms with E-state index >= 15 is 0 Å². The van der Waals surface area contributed by atoms with Crippen molar-refractivity contribution >= 4 is 16.9 Å². The van der Waals surface area contributed by atoms with Crippen LogP contribution in [-0.4, -0.2) is 22.1 Å². The van der Waals surface area contributed by atoms with E-state index < -0.39 is 6.10 Å². The van der Waals surface area contributed by atoms with Gasteiger partial charge in [0.05, 0.1) is 0 Å². The lowest BCUT2D eigenvalue weighted by molar-refractivity contribution is -0.121. The van der Waals surface area contributed by atoms with Gasteiger partial charge in [0.25, 0.3) is 0 Å². The number of hydrogen-bond acceptors (Lipinski definition) is 3. The van der Waals surface area contributed by atoms with Gasteiger partial charge in [-0.15, -0.1) is 0 Å². The van der Waals surface area contributed by atoms with Crippen molar-refractivity contribution in [3.63, 3.8) is 0 Å². The van der Waals surface area contributed by atoms with Gasteiger partial charge in [0.1, 0.15) is 6.10 Å². The summed E-state index contributed by atoms with van der Waals surface area (Å²) in [5.41, 5.74) is 0. The van der Waals surface area contributed by atoms with E-state index in [0.717, 1.165) is 18.6 Å². The molecule has 0 aromatic carbocycles. The molecule has 1 N–H and O–H groups in total. The Labute approximate surface area is 84.1 Å². The van der Waals surface area contributed by atoms with Crippen LogP contribution in [0.25, 0.3) is 0 Å². The number of carbonyl (C=O) groups excluding carboxylic acids is 1. The highest BCUT2D eigenvalue weighted by Crippen LogP contribution is 2.28. The van der Waals surface area contributed by atoms with Crippen LogP contribution in [0.3, 0.4) is 0 Å². The molecule has 2 nitrogen and oxygen atoms in total. The summed E-state index contributed by atoms with van der Waals surface area (Å²) in [6.07, 6.45) is 4.95. The fourth-order valence-corrected chi connectivity index (χ4v) is 2.52. The molecule has 1 aliphatic rings. The highest BCUT2D eigenvalue weighted by Gasteiger charge is 2.26. The lowest BCUT2D eigenvalue weighted by Crippen LogP contribution is -2.29. The lowest BCUT2D eigenvalue weighted by atomic mass is 9.86. The minimum absolute atomic E-state index is 0.0330. The Morgan fingerprint density at radius 3 is 2.62 bits per heavy atom. The monoisotopic (exact) mass is 202 g/mol. The quantitative estimate of drug-likeness (QED) is 0.762. The summed E-state index contributed by atoms with van der Waals surface area (Å²) in [4.78, 5) is 11.4. The van der Waals surface area contributed by atoms with Gasteiger partial charge in [-0.1, -0.05) is 37.9 Å². The second-order valence-electron chi connectivity index (χ2n) is 3.59. The first kappa shape index (κ1) is 11.1. The molecule has 0 heterocycles. The molecule has 1 atom stereocenters. The number of hydrogen-bond donors (Lipinski definition) is 1. The van der Waals surface area contributed by atoms with E-state index in [0.29, 0.717) is 0 Å². The van der Waals surface area contributed by atoms with Gasteiger partial charge < -0.3 is 5.11 Å². The maximum atomic E-state index is 11.4. The zero-order valence-electron chi connectivity index (χ0n) is 8.16. The summed E-state index contributed by atoms with van der Waals surface area (Å²) < 4.78 is 0. The number of aliphatic hydroxyl groups excluding tert-OH is 1. The molecule has 0 bridgehead atoms. The van der Waals surface area contributed by atoms with Crippen LogP contribution in [0.2, 0.25) is 0 Å². The van der Waals surface area contributed by atoms with Crippen molar-refractivity contribution in [3.8, 4) is 0 Å². The van der Waals surface area contributed by atoms with Crippen LogP contribution in [-0.2, 0) is 4.79 Å². The maximum absolute atomic E-state index is 11.4. The topological polar surface area (TPSA) is 37.3 Å². The highest BCUT2D eigenvalue weighted by atomic mass is 32.2. The normalized spacial score (nSPS) is 21.4. The van der Waals surface area contributed by atoms with Crippen LogP contribution in [0.4, 0.5) is 0 Å². The Morgan fingerprint density at radius 2 is 2.08 bits per heavy atom. The van der Waals surface area contributed by atoms with Crippen molar-refractivity contribution in [2.75, 3.05) is 5.75 Å². The molecule has 1 saturated carbocycles. The molecule has 1 aliphatic carbocycles. The first-order chi connectivity index (χ1) is 6.25. The van der Waals surface area contributed by atoms with Crippen LogP contribution in [0, 0.1) is 5.92 Å². The Hall–Kier alpha value is -0.0200. The van der Waals surface area contributed by atoms with Crippen LogP contribution in [0.15, 0.2) is 0 Å². The lowest BCUT2D eigenvalue weighted by Gasteiger charge is -2.25. The molecule has 0 spiro atoms. The van der Waals surface area contributed by atoms with Crippen LogP contribution >= 0.6 is 11.8 Å². The second-order valence-corrected chi connectivity index (χ2v) is 4.86. The summed E-state index contributed by atoms with van der Waals surface area (Å²) in [6.45, 7) is 1.94. The fourth-order valence-electron chi connectivity index (χ4n) is 1.87. The van der Waals surface area contributed by atoms with E-state index in [4.69, 9.17) is 0 Å². The molecule has 76 valence electrons. The second kappa shape index (κ2) is 5.66. The minimum Gasteiger partial charge on any atom is -0.384 e. The van der Waals surface area contributed by atoms with Gasteiger partial charge in [0.2, 0.25) is 5.12 Å². The van der Waals surface area contributed by atoms with Gasteiger partial charge in [-0.25, -0.2) is 0 Å². The first-order valence-corrected chi connectivity index (χ1v) is 6.09. The molecule has 0 unspecified atom stereocenters. The minimum atomic E-state index is -0.703. The molecule has 0 amide bonds. The van der Waals surface area contributed by atoms with E-state index in [2.05, 4.69) is 0 Å². The average molecular weight is 202 g/mol. The zero-order valence-corrected chi connectivity index (χ0v) is 8.98. The third-order valence-electron chi connectivity index (χ3n) is 2.62. The van der Waals surface area contributed by atoms with Crippen LogP contribution < -0.4 is 0 Å². The molecule has 13 heavy (non-hydrogen) atoms. The van der Waals surface area contributed by atoms with Crippen molar-refractivity contribution in [1.82, 2.24) is 0 Å². The Kier molecular flexibility index (Phi) is 4.81. The summed E-state index contributed by atoms with van der Waals surface area (Å²) in [5.74, 6) is 1.00. The molecule has 3 heteroatoms. The Balaban J connectivity index is 2.35. The Morgan fingerprint density at radius 1 is 1.46 bits per heavy atom. The molecule has 1 rings (SSSR count). The van der Waals surface area contributed by atoms with Crippen LogP contribution in [0.1, 0.15) is 39.0 Å². The average Bonchev–Trinajstić information content (AvgIpc) is 2.18. The number of thioether (sulfide) groups is 1. The van der Waals surface area contributed by atoms with Gasteiger partial charge in [0.15, 0.2) is 0 Å². The molecule has 0 radical (unpaired) electrons. The molecule has 0 aromatic heterocycles. The van der Waals surface area contributed by atoms with Gasteiger partial charge >= 0.3 is 0 Å². The summed E-state index contributed by atoms with van der Waals surface area (Å²) in [5, 5.41) is 9.67. The smallest absolute Gasteiger partial charge is 0.217 e. The number of aliphatic hydroxyl groups is 1. The van der Waals surface area contributed by atoms with Gasteiger partial charge in [0, 0.05) is 0 Å². The van der Waals surface area contributed by atoms with Gasteiger partial charge in [-0.3, -0.25) is 4.79 Å². The number of rotatable bonds is 3. The largest absolute Gasteiger partial charge is 0.384 e. The van der Waals surface area contributed by atoms with Crippen molar-refractivity contribution < 1.29 is 9.90 Å². The van der Waals surface area contributed by atoms with E-state index in [1.807, 2.05) is 6.92 Å². The predicted octanol–water partition coefficient (Wildman–Crippen LogP) is 2.21. The molecule has 0 saturated heterocycles. The van der Waals surface area contributed by atoms with Gasteiger partial charge in [-0.05, 0) is 24.5 Å². The van der Waals surface area contributed by atoms with E-state index in [9.17, 15) is 9.90 Å². The summed E-state index contributed by atoms with van der Waals surface area (Å²) >= 11 is 1.24. The summed E-state index contributed by atoms with van der Waals surface area (Å²) in [6, 6.07) is 0. The third-order valence-corrected chi connectivity index (χ3v) is 3.44. The fraction of sp³-hybridized carbons (Fsp3) is 0.900. The predicted molar refractivity (Wildman–Crippen MR) is 55.7 cm³/mol. The highest BCUT2D eigenvalue weighted by molar-refractivity contribution is 8.13. The van der Waals surface area contributed by atoms with E-state index in [-0.39, 0.29) is 11.0 Å². The van der Waals surface area contributed by atoms with Crippen molar-refractivity contribution in [2.24, 2.45) is 5.92 Å². The SMILES string of the molecule is CCSC(=O)[C@@H](O)C1CCCCC1. The van der Waals surface area contributed by atoms with Crippen LogP contribution in [0.5, 0.6) is 0 Å².